The highest BCUT2D eigenvalue weighted by molar-refractivity contribution is 6.17. The number of anilines is 1. The molecule has 40 heavy (non-hydrogen) atoms. The number of rotatable bonds is 9. The van der Waals surface area contributed by atoms with Crippen LogP contribution in [0.4, 0.5) is 5.69 Å². The number of hydrogen-bond acceptors (Lipinski definition) is 5. The quantitative estimate of drug-likeness (QED) is 0.398. The van der Waals surface area contributed by atoms with Crippen molar-refractivity contribution < 1.29 is 24.0 Å². The number of fused-ring (bicyclic) bond motifs is 1. The molecular formula is C33H35N2O5+. The molecule has 3 aromatic rings. The molecule has 0 fully saturated rings. The average molecular weight is 540 g/mol. The lowest BCUT2D eigenvalue weighted by Crippen LogP contribution is -2.32. The number of benzene rings is 2. The molecule has 2 aromatic carbocycles. The number of hydrogen-bond donors (Lipinski definition) is 2. The zero-order valence-electron chi connectivity index (χ0n) is 23.3. The number of nitrogens with zero attached hydrogens (tertiary/aromatic N) is 2. The van der Waals surface area contributed by atoms with E-state index in [2.05, 4.69) is 23.3 Å². The third kappa shape index (κ3) is 5.83. The molecule has 0 atom stereocenters. The fourth-order valence-corrected chi connectivity index (χ4v) is 4.95. The molecule has 7 nitrogen and oxygen atoms in total. The van der Waals surface area contributed by atoms with Gasteiger partial charge in [-0.25, -0.2) is 14.2 Å². The zero-order valence-corrected chi connectivity index (χ0v) is 23.3. The van der Waals surface area contributed by atoms with Crippen LogP contribution in [0.15, 0.2) is 69.9 Å². The first kappa shape index (κ1) is 28.4. The first-order valence-electron chi connectivity index (χ1n) is 13.6. The molecule has 1 aliphatic rings. The molecule has 0 saturated heterocycles. The van der Waals surface area contributed by atoms with Gasteiger partial charge in [0.05, 0.1) is 16.9 Å². The predicted octanol–water partition coefficient (Wildman–Crippen LogP) is 4.10. The zero-order chi connectivity index (χ0) is 28.8. The van der Waals surface area contributed by atoms with E-state index in [0.29, 0.717) is 27.3 Å². The van der Waals surface area contributed by atoms with Crippen LogP contribution >= 0.6 is 0 Å². The maximum atomic E-state index is 13.0. The lowest BCUT2D eigenvalue weighted by atomic mass is 9.92. The summed E-state index contributed by atoms with van der Waals surface area (Å²) in [4.78, 5) is 27.2. The number of carboxylic acid groups (broad SMARTS) is 1. The van der Waals surface area contributed by atoms with Gasteiger partial charge in [-0.1, -0.05) is 24.3 Å². The van der Waals surface area contributed by atoms with Crippen molar-refractivity contribution in [2.45, 2.75) is 27.7 Å². The van der Waals surface area contributed by atoms with E-state index < -0.39 is 11.6 Å². The largest absolute Gasteiger partial charge is 0.507 e. The van der Waals surface area contributed by atoms with Gasteiger partial charge in [0.15, 0.2) is 0 Å². The first-order valence-corrected chi connectivity index (χ1v) is 13.6. The second kappa shape index (κ2) is 12.5. The Bertz CT molecular complexity index is 1700. The van der Waals surface area contributed by atoms with Gasteiger partial charge < -0.3 is 19.5 Å². The Balaban J connectivity index is 1.91. The summed E-state index contributed by atoms with van der Waals surface area (Å²) in [6, 6.07) is 13.7. The van der Waals surface area contributed by atoms with Crippen LogP contribution in [0.5, 0.6) is 5.75 Å². The van der Waals surface area contributed by atoms with Gasteiger partial charge in [-0.2, -0.15) is 0 Å². The molecule has 4 rings (SSSR count). The van der Waals surface area contributed by atoms with E-state index in [1.54, 1.807) is 48.6 Å². The number of phenolic OH excluding ortho intramolecular Hbond substituents is 1. The highest BCUT2D eigenvalue weighted by Gasteiger charge is 2.18. The molecule has 2 N–H and O–H groups in total. The van der Waals surface area contributed by atoms with Crippen LogP contribution in [0.2, 0.25) is 0 Å². The van der Waals surface area contributed by atoms with Gasteiger partial charge in [0.1, 0.15) is 24.3 Å². The summed E-state index contributed by atoms with van der Waals surface area (Å²) in [5.41, 5.74) is 4.04. The van der Waals surface area contributed by atoms with Crippen molar-refractivity contribution in [2.24, 2.45) is 0 Å². The Hall–Kier alpha value is -4.65. The van der Waals surface area contributed by atoms with Gasteiger partial charge in [0.25, 0.3) is 0 Å². The van der Waals surface area contributed by atoms with Crippen molar-refractivity contribution in [3.8, 4) is 5.75 Å². The summed E-state index contributed by atoms with van der Waals surface area (Å²) in [6.07, 6.45) is 9.06. The van der Waals surface area contributed by atoms with Gasteiger partial charge >= 0.3 is 11.6 Å². The van der Waals surface area contributed by atoms with E-state index in [9.17, 15) is 19.8 Å². The van der Waals surface area contributed by atoms with E-state index in [4.69, 9.17) is 4.42 Å². The number of aromatic carboxylic acids is 1. The van der Waals surface area contributed by atoms with Crippen molar-refractivity contribution >= 4 is 41.2 Å². The molecule has 0 aliphatic heterocycles. The van der Waals surface area contributed by atoms with Gasteiger partial charge in [0, 0.05) is 42.0 Å². The van der Waals surface area contributed by atoms with Gasteiger partial charge in [-0.05, 0) is 75.2 Å². The Kier molecular flexibility index (Phi) is 8.84. The van der Waals surface area contributed by atoms with E-state index in [0.717, 1.165) is 43.1 Å². The van der Waals surface area contributed by atoms with E-state index in [1.165, 1.54) is 6.07 Å². The maximum Gasteiger partial charge on any atom is 0.343 e. The molecule has 0 radical (unpaired) electrons. The molecule has 0 bridgehead atoms. The highest BCUT2D eigenvalue weighted by atomic mass is 16.4. The van der Waals surface area contributed by atoms with Crippen LogP contribution < -0.4 is 21.2 Å². The highest BCUT2D eigenvalue weighted by Crippen LogP contribution is 2.35. The Labute approximate surface area is 233 Å². The number of carbonyl (C=O) groups is 1. The third-order valence-electron chi connectivity index (χ3n) is 7.15. The molecular weight excluding hydrogens is 504 g/mol. The molecule has 0 saturated carbocycles. The molecule has 1 aliphatic carbocycles. The Morgan fingerprint density at radius 2 is 1.65 bits per heavy atom. The standard InChI is InChI=1S/C33H34N2O5/c1-5-34(6-2)24-16-18-28(30(36)20-24)27(26-11-9-10-12-29(26)32(37)38)17-14-23-19-22-13-15-25(35(7-3)8-4)21-31(22)40-33(23)39/h9-21H,5-8H2,1-4H3,(H,37,38)/p+1. The number of allylic oxidation sites excluding steroid dienone is 2. The molecule has 0 spiro atoms. The summed E-state index contributed by atoms with van der Waals surface area (Å²) in [5.74, 6) is -1.08. The second-order valence-electron chi connectivity index (χ2n) is 9.36. The molecule has 7 heteroatoms. The minimum Gasteiger partial charge on any atom is -0.507 e. The molecule has 1 heterocycles. The van der Waals surface area contributed by atoms with Gasteiger partial charge in [-0.3, -0.25) is 0 Å². The van der Waals surface area contributed by atoms with Gasteiger partial charge in [0.2, 0.25) is 5.71 Å². The van der Waals surface area contributed by atoms with E-state index in [-0.39, 0.29) is 11.3 Å². The smallest absolute Gasteiger partial charge is 0.343 e. The SMILES string of the molecule is CCN(CC)c1ccc(/C(=C\C=c2/cc3c(oc2=O)=CC(=[N+](CC)CC)C=C3)c2ccccc2C(=O)O)c(O)c1. The van der Waals surface area contributed by atoms with Crippen LogP contribution in [0.1, 0.15) is 54.7 Å². The Morgan fingerprint density at radius 3 is 2.27 bits per heavy atom. The van der Waals surface area contributed by atoms with E-state index in [1.807, 2.05) is 38.1 Å². The monoisotopic (exact) mass is 539 g/mol. The van der Waals surface area contributed by atoms with Crippen molar-refractivity contribution in [1.29, 1.82) is 0 Å². The molecule has 0 amide bonds. The minimum atomic E-state index is -1.09. The fourth-order valence-electron chi connectivity index (χ4n) is 4.95. The normalized spacial score (nSPS) is 13.2. The Morgan fingerprint density at radius 1 is 0.950 bits per heavy atom. The summed E-state index contributed by atoms with van der Waals surface area (Å²) >= 11 is 0. The fraction of sp³-hybridized carbons (Fsp3) is 0.242. The number of aromatic hydroxyl groups is 1. The average Bonchev–Trinajstić information content (AvgIpc) is 2.95. The van der Waals surface area contributed by atoms with Crippen molar-refractivity contribution in [3.05, 3.63) is 104 Å². The molecule has 206 valence electrons. The predicted molar refractivity (Wildman–Crippen MR) is 161 cm³/mol. The van der Waals surface area contributed by atoms with E-state index >= 15 is 0 Å². The van der Waals surface area contributed by atoms with Gasteiger partial charge in [-0.15, -0.1) is 0 Å². The number of carboxylic acids is 1. The van der Waals surface area contributed by atoms with Crippen molar-refractivity contribution in [1.82, 2.24) is 0 Å². The minimum absolute atomic E-state index is 0.0127. The van der Waals surface area contributed by atoms with Crippen molar-refractivity contribution in [3.63, 3.8) is 0 Å². The van der Waals surface area contributed by atoms with Crippen LogP contribution in [0, 0.1) is 0 Å². The summed E-state index contributed by atoms with van der Waals surface area (Å²) in [6.45, 7) is 11.5. The van der Waals surface area contributed by atoms with Crippen molar-refractivity contribution in [2.75, 3.05) is 31.1 Å². The summed E-state index contributed by atoms with van der Waals surface area (Å²) in [5, 5.41) is 21.3. The van der Waals surface area contributed by atoms with Crippen LogP contribution in [-0.4, -0.2) is 52.6 Å². The van der Waals surface area contributed by atoms with Crippen LogP contribution in [0.25, 0.3) is 23.8 Å². The molecule has 1 aromatic heterocycles. The molecule has 0 unspecified atom stereocenters. The second-order valence-corrected chi connectivity index (χ2v) is 9.36. The van der Waals surface area contributed by atoms with Crippen LogP contribution in [0.3, 0.4) is 0 Å². The number of phenols is 1. The summed E-state index contributed by atoms with van der Waals surface area (Å²) in [7, 11) is 0. The topological polar surface area (TPSA) is 94.0 Å². The summed E-state index contributed by atoms with van der Waals surface area (Å²) < 4.78 is 7.85. The lowest BCUT2D eigenvalue weighted by Gasteiger charge is -2.22. The third-order valence-corrected chi connectivity index (χ3v) is 7.15. The van der Waals surface area contributed by atoms with Crippen LogP contribution in [-0.2, 0) is 0 Å². The lowest BCUT2D eigenvalue weighted by molar-refractivity contribution is -0.518. The maximum absolute atomic E-state index is 13.0. The first-order chi connectivity index (χ1) is 19.3.